The Bertz CT molecular complexity index is 462. The average Bonchev–Trinajstić information content (AvgIpc) is 2.88. The molecular weight excluding hydrogens is 208 g/mol. The molecule has 0 fully saturated rings. The molecular formula is C9H14N6O. The maximum Gasteiger partial charge on any atom is 0.200 e. The number of aromatic nitrogens is 5. The van der Waals surface area contributed by atoms with Gasteiger partial charge < -0.3 is 15.4 Å². The third-order valence-electron chi connectivity index (χ3n) is 2.34. The third kappa shape index (κ3) is 2.03. The molecule has 2 rings (SSSR count). The molecule has 2 aromatic rings. The minimum absolute atomic E-state index is 0.328. The van der Waals surface area contributed by atoms with Crippen molar-refractivity contribution in [3.05, 3.63) is 24.3 Å². The van der Waals surface area contributed by atoms with Gasteiger partial charge in [-0.05, 0) is 6.92 Å². The van der Waals surface area contributed by atoms with Crippen molar-refractivity contribution in [1.29, 1.82) is 0 Å². The lowest BCUT2D eigenvalue weighted by Crippen LogP contribution is -2.10. The van der Waals surface area contributed by atoms with Gasteiger partial charge in [0.1, 0.15) is 11.8 Å². The highest BCUT2D eigenvalue weighted by atomic mass is 16.3. The van der Waals surface area contributed by atoms with E-state index in [-0.39, 0.29) is 0 Å². The summed E-state index contributed by atoms with van der Waals surface area (Å²) in [4.78, 5) is 3.87. The zero-order chi connectivity index (χ0) is 11.5. The molecule has 0 aliphatic rings. The topological polar surface area (TPSA) is 94.8 Å². The van der Waals surface area contributed by atoms with E-state index >= 15 is 0 Å². The molecule has 0 saturated heterocycles. The highest BCUT2D eigenvalue weighted by Gasteiger charge is 2.13. The number of nitrogens with two attached hydrogens (primary N) is 1. The minimum Gasteiger partial charge on any atom is -0.385 e. The molecule has 86 valence electrons. The standard InChI is InChI=1S/C9H14N6O/c1-2-15-5-7(12-13-15)8(16)6-14-4-3-11-9(14)10/h3-5,8,16H,2,6H2,1H3,(H2,10,11). The van der Waals surface area contributed by atoms with Gasteiger partial charge >= 0.3 is 0 Å². The maximum absolute atomic E-state index is 9.91. The fraction of sp³-hybridized carbons (Fsp3) is 0.444. The average molecular weight is 222 g/mol. The van der Waals surface area contributed by atoms with E-state index in [9.17, 15) is 5.11 Å². The largest absolute Gasteiger partial charge is 0.385 e. The fourth-order valence-corrected chi connectivity index (χ4v) is 1.40. The summed E-state index contributed by atoms with van der Waals surface area (Å²) in [5, 5.41) is 17.6. The molecule has 7 nitrogen and oxygen atoms in total. The van der Waals surface area contributed by atoms with E-state index in [1.54, 1.807) is 27.8 Å². The maximum atomic E-state index is 9.91. The molecule has 16 heavy (non-hydrogen) atoms. The van der Waals surface area contributed by atoms with Gasteiger partial charge in [0.05, 0.1) is 12.7 Å². The summed E-state index contributed by atoms with van der Waals surface area (Å²) >= 11 is 0. The molecule has 0 aliphatic carbocycles. The highest BCUT2D eigenvalue weighted by Crippen LogP contribution is 2.13. The van der Waals surface area contributed by atoms with Crippen LogP contribution in [0.5, 0.6) is 0 Å². The van der Waals surface area contributed by atoms with Gasteiger partial charge in [0.2, 0.25) is 0 Å². The first-order valence-corrected chi connectivity index (χ1v) is 5.05. The van der Waals surface area contributed by atoms with Crippen LogP contribution in [-0.2, 0) is 13.1 Å². The molecule has 0 amide bonds. The van der Waals surface area contributed by atoms with Crippen LogP contribution in [0.4, 0.5) is 5.95 Å². The van der Waals surface area contributed by atoms with E-state index in [0.717, 1.165) is 6.54 Å². The van der Waals surface area contributed by atoms with Gasteiger partial charge in [0.25, 0.3) is 0 Å². The predicted molar refractivity (Wildman–Crippen MR) is 57.3 cm³/mol. The fourth-order valence-electron chi connectivity index (χ4n) is 1.40. The van der Waals surface area contributed by atoms with Crippen LogP contribution >= 0.6 is 0 Å². The molecule has 0 spiro atoms. The van der Waals surface area contributed by atoms with Crippen LogP contribution in [0.25, 0.3) is 0 Å². The zero-order valence-electron chi connectivity index (χ0n) is 8.98. The second-order valence-corrected chi connectivity index (χ2v) is 3.45. The van der Waals surface area contributed by atoms with Crippen LogP contribution in [0.1, 0.15) is 18.7 Å². The van der Waals surface area contributed by atoms with E-state index in [0.29, 0.717) is 18.2 Å². The number of nitrogens with zero attached hydrogens (tertiary/aromatic N) is 5. The Morgan fingerprint density at radius 3 is 2.94 bits per heavy atom. The van der Waals surface area contributed by atoms with Gasteiger partial charge in [-0.15, -0.1) is 5.10 Å². The second kappa shape index (κ2) is 4.31. The van der Waals surface area contributed by atoms with Crippen LogP contribution in [0.3, 0.4) is 0 Å². The summed E-state index contributed by atoms with van der Waals surface area (Å²) in [7, 11) is 0. The van der Waals surface area contributed by atoms with Crippen molar-refractivity contribution >= 4 is 5.95 Å². The van der Waals surface area contributed by atoms with Crippen LogP contribution in [0.15, 0.2) is 18.6 Å². The van der Waals surface area contributed by atoms with E-state index in [1.807, 2.05) is 6.92 Å². The van der Waals surface area contributed by atoms with Gasteiger partial charge in [-0.25, -0.2) is 4.98 Å². The van der Waals surface area contributed by atoms with Crippen LogP contribution in [0.2, 0.25) is 0 Å². The number of aryl methyl sites for hydroxylation is 1. The summed E-state index contributed by atoms with van der Waals surface area (Å²) in [6.07, 6.45) is 4.29. The van der Waals surface area contributed by atoms with Crippen molar-refractivity contribution in [1.82, 2.24) is 24.5 Å². The SMILES string of the molecule is CCn1cc(C(O)Cn2ccnc2N)nn1. The van der Waals surface area contributed by atoms with Crippen molar-refractivity contribution in [3.63, 3.8) is 0 Å². The van der Waals surface area contributed by atoms with Gasteiger partial charge in [-0.3, -0.25) is 4.68 Å². The smallest absolute Gasteiger partial charge is 0.200 e. The summed E-state index contributed by atoms with van der Waals surface area (Å²) < 4.78 is 3.32. The third-order valence-corrected chi connectivity index (χ3v) is 2.34. The quantitative estimate of drug-likeness (QED) is 0.747. The first-order valence-electron chi connectivity index (χ1n) is 5.05. The number of hydrogen-bond donors (Lipinski definition) is 2. The van der Waals surface area contributed by atoms with Crippen molar-refractivity contribution in [3.8, 4) is 0 Å². The van der Waals surface area contributed by atoms with Crippen LogP contribution in [0, 0.1) is 0 Å². The highest BCUT2D eigenvalue weighted by molar-refractivity contribution is 5.17. The molecule has 3 N–H and O–H groups in total. The Morgan fingerprint density at radius 2 is 2.38 bits per heavy atom. The van der Waals surface area contributed by atoms with E-state index in [4.69, 9.17) is 5.73 Å². The molecule has 1 unspecified atom stereocenters. The van der Waals surface area contributed by atoms with Crippen molar-refractivity contribution in [2.75, 3.05) is 5.73 Å². The van der Waals surface area contributed by atoms with Gasteiger partial charge in [-0.1, -0.05) is 5.21 Å². The molecule has 0 radical (unpaired) electrons. The molecule has 2 heterocycles. The van der Waals surface area contributed by atoms with E-state index in [1.165, 1.54) is 0 Å². The van der Waals surface area contributed by atoms with Crippen LogP contribution < -0.4 is 5.73 Å². The minimum atomic E-state index is -0.725. The van der Waals surface area contributed by atoms with Gasteiger partial charge in [0.15, 0.2) is 5.95 Å². The van der Waals surface area contributed by atoms with Crippen molar-refractivity contribution in [2.24, 2.45) is 0 Å². The van der Waals surface area contributed by atoms with E-state index in [2.05, 4.69) is 15.3 Å². The molecule has 0 bridgehead atoms. The lowest BCUT2D eigenvalue weighted by Gasteiger charge is -2.08. The zero-order valence-corrected chi connectivity index (χ0v) is 8.98. The van der Waals surface area contributed by atoms with Crippen molar-refractivity contribution < 1.29 is 5.11 Å². The van der Waals surface area contributed by atoms with Gasteiger partial charge in [0, 0.05) is 18.9 Å². The molecule has 0 aliphatic heterocycles. The number of anilines is 1. The Kier molecular flexibility index (Phi) is 2.86. The number of hydrogen-bond acceptors (Lipinski definition) is 5. The van der Waals surface area contributed by atoms with Gasteiger partial charge in [-0.2, -0.15) is 0 Å². The number of rotatable bonds is 4. The first kappa shape index (κ1) is 10.6. The molecule has 0 aromatic carbocycles. The molecule has 1 atom stereocenters. The molecule has 0 saturated carbocycles. The molecule has 7 heteroatoms. The number of imidazole rings is 1. The first-order chi connectivity index (χ1) is 7.70. The van der Waals surface area contributed by atoms with Crippen LogP contribution in [-0.4, -0.2) is 29.7 Å². The normalized spacial score (nSPS) is 12.9. The summed E-state index contributed by atoms with van der Waals surface area (Å²) in [6, 6.07) is 0. The second-order valence-electron chi connectivity index (χ2n) is 3.45. The summed E-state index contributed by atoms with van der Waals surface area (Å²) in [5.41, 5.74) is 6.13. The summed E-state index contributed by atoms with van der Waals surface area (Å²) in [5.74, 6) is 0.377. The lowest BCUT2D eigenvalue weighted by atomic mass is 10.3. The molecule has 2 aromatic heterocycles. The summed E-state index contributed by atoms with van der Waals surface area (Å²) in [6.45, 7) is 3.01. The number of aliphatic hydroxyl groups excluding tert-OH is 1. The van der Waals surface area contributed by atoms with E-state index < -0.39 is 6.10 Å². The number of aliphatic hydroxyl groups is 1. The monoisotopic (exact) mass is 222 g/mol. The Labute approximate surface area is 92.5 Å². The Balaban J connectivity index is 2.08. The lowest BCUT2D eigenvalue weighted by molar-refractivity contribution is 0.152. The Hall–Kier alpha value is -1.89. The number of nitrogen functional groups attached to an aromatic ring is 1. The predicted octanol–water partition coefficient (Wildman–Crippen LogP) is -0.190. The Morgan fingerprint density at radius 1 is 1.56 bits per heavy atom. The van der Waals surface area contributed by atoms with Crippen molar-refractivity contribution in [2.45, 2.75) is 26.1 Å².